The van der Waals surface area contributed by atoms with E-state index in [1.807, 2.05) is 18.2 Å². The molecule has 0 spiro atoms. The first kappa shape index (κ1) is 34.5. The molecule has 0 saturated carbocycles. The molecule has 0 heterocycles. The van der Waals surface area contributed by atoms with Crippen molar-refractivity contribution in [1.29, 1.82) is 0 Å². The predicted molar refractivity (Wildman–Crippen MR) is 170 cm³/mol. The summed E-state index contributed by atoms with van der Waals surface area (Å²) in [4.78, 5) is 24.2. The van der Waals surface area contributed by atoms with E-state index in [1.165, 1.54) is 51.0 Å². The summed E-state index contributed by atoms with van der Waals surface area (Å²) in [5, 5.41) is 0. The molecule has 0 saturated heterocycles. The molecule has 0 aliphatic carbocycles. The maximum atomic E-state index is 12.1. The van der Waals surface area contributed by atoms with Crippen LogP contribution < -0.4 is 20.9 Å². The van der Waals surface area contributed by atoms with E-state index >= 15 is 0 Å². The maximum Gasteiger partial charge on any atom is 0.338 e. The van der Waals surface area contributed by atoms with Crippen molar-refractivity contribution in [2.24, 2.45) is 0 Å². The Morgan fingerprint density at radius 3 is 1.88 bits per heavy atom. The molecule has 0 fully saturated rings. The fourth-order valence-corrected chi connectivity index (χ4v) is 4.49. The smallest absolute Gasteiger partial charge is 0.338 e. The molecular formula is C34H50N2O6. The summed E-state index contributed by atoms with van der Waals surface area (Å²) in [6.07, 6.45) is 17.7. The number of carbonyl (C=O) groups excluding carboxylic acids is 2. The van der Waals surface area contributed by atoms with Gasteiger partial charge in [0, 0.05) is 17.5 Å². The van der Waals surface area contributed by atoms with E-state index in [0.717, 1.165) is 44.1 Å². The van der Waals surface area contributed by atoms with Crippen LogP contribution in [-0.4, -0.2) is 38.9 Å². The van der Waals surface area contributed by atoms with E-state index < -0.39 is 5.97 Å². The molecule has 2 aromatic carbocycles. The molecule has 0 radical (unpaired) electrons. The minimum Gasteiger partial charge on any atom is -0.493 e. The lowest BCUT2D eigenvalue weighted by molar-refractivity contribution is -0.137. The molecule has 0 unspecified atom stereocenters. The fraction of sp³-hybridized carbons (Fsp3) is 0.529. The first-order valence-corrected chi connectivity index (χ1v) is 15.4. The van der Waals surface area contributed by atoms with Crippen LogP contribution >= 0.6 is 0 Å². The van der Waals surface area contributed by atoms with Crippen molar-refractivity contribution in [2.75, 3.05) is 38.4 Å². The monoisotopic (exact) mass is 582 g/mol. The zero-order chi connectivity index (χ0) is 30.4. The summed E-state index contributed by atoms with van der Waals surface area (Å²) in [5.74, 6) is 0.499. The Morgan fingerprint density at radius 1 is 0.690 bits per heavy atom. The number of anilines is 2. The highest BCUT2D eigenvalue weighted by Crippen LogP contribution is 2.29. The van der Waals surface area contributed by atoms with Crippen LogP contribution in [0.2, 0.25) is 0 Å². The van der Waals surface area contributed by atoms with Gasteiger partial charge in [0.15, 0.2) is 11.5 Å². The highest BCUT2D eigenvalue weighted by Gasteiger charge is 2.09. The second kappa shape index (κ2) is 21.1. The van der Waals surface area contributed by atoms with Gasteiger partial charge in [-0.3, -0.25) is 0 Å². The molecule has 4 N–H and O–H groups in total. The van der Waals surface area contributed by atoms with E-state index in [4.69, 9.17) is 30.4 Å². The molecule has 2 aromatic rings. The number of nitrogen functional groups attached to an aromatic ring is 2. The van der Waals surface area contributed by atoms with E-state index in [2.05, 4.69) is 6.92 Å². The van der Waals surface area contributed by atoms with Gasteiger partial charge in [-0.05, 0) is 74.1 Å². The van der Waals surface area contributed by atoms with Crippen molar-refractivity contribution in [3.05, 3.63) is 53.6 Å². The molecule has 0 aliphatic rings. The second-order valence-corrected chi connectivity index (χ2v) is 10.5. The lowest BCUT2D eigenvalue weighted by Crippen LogP contribution is -2.08. The molecule has 0 aliphatic heterocycles. The number of carbonyl (C=O) groups is 2. The SMILES string of the molecule is CCCCCCCCCCCOC(=O)/C=C/c1ccc(OCCCCCCOC(=O)c2cc(N)cc(N)c2)c(OC)c1. The Morgan fingerprint density at radius 2 is 1.26 bits per heavy atom. The highest BCUT2D eigenvalue weighted by molar-refractivity contribution is 5.91. The Balaban J connectivity index is 1.57. The average molecular weight is 583 g/mol. The van der Waals surface area contributed by atoms with Gasteiger partial charge in [-0.2, -0.15) is 0 Å². The van der Waals surface area contributed by atoms with Crippen molar-refractivity contribution >= 4 is 29.4 Å². The van der Waals surface area contributed by atoms with Gasteiger partial charge < -0.3 is 30.4 Å². The average Bonchev–Trinajstić information content (AvgIpc) is 2.98. The van der Waals surface area contributed by atoms with Gasteiger partial charge in [0.05, 0.1) is 32.5 Å². The number of esters is 2. The van der Waals surface area contributed by atoms with Gasteiger partial charge in [0.25, 0.3) is 0 Å². The lowest BCUT2D eigenvalue weighted by atomic mass is 10.1. The van der Waals surface area contributed by atoms with Gasteiger partial charge in [0.2, 0.25) is 0 Å². The third-order valence-corrected chi connectivity index (χ3v) is 6.83. The number of unbranched alkanes of at least 4 members (excludes halogenated alkanes) is 11. The normalized spacial score (nSPS) is 11.0. The molecule has 42 heavy (non-hydrogen) atoms. The Bertz CT molecular complexity index is 1080. The number of hydrogen-bond donors (Lipinski definition) is 2. The van der Waals surface area contributed by atoms with Crippen molar-refractivity contribution in [3.8, 4) is 11.5 Å². The Kier molecular flexibility index (Phi) is 17.3. The number of ether oxygens (including phenoxy) is 4. The highest BCUT2D eigenvalue weighted by atomic mass is 16.5. The quantitative estimate of drug-likeness (QED) is 0.0625. The molecule has 2 rings (SSSR count). The summed E-state index contributed by atoms with van der Waals surface area (Å²) in [5.41, 5.74) is 13.5. The summed E-state index contributed by atoms with van der Waals surface area (Å²) in [7, 11) is 1.59. The molecule has 0 amide bonds. The van der Waals surface area contributed by atoms with Crippen LogP contribution in [0.5, 0.6) is 11.5 Å². The van der Waals surface area contributed by atoms with Crippen LogP contribution in [0, 0.1) is 0 Å². The van der Waals surface area contributed by atoms with Gasteiger partial charge in [0.1, 0.15) is 0 Å². The first-order valence-electron chi connectivity index (χ1n) is 15.4. The van der Waals surface area contributed by atoms with Crippen molar-refractivity contribution < 1.29 is 28.5 Å². The zero-order valence-corrected chi connectivity index (χ0v) is 25.5. The van der Waals surface area contributed by atoms with Crippen LogP contribution in [0.25, 0.3) is 6.08 Å². The lowest BCUT2D eigenvalue weighted by Gasteiger charge is -2.11. The van der Waals surface area contributed by atoms with E-state index in [9.17, 15) is 9.59 Å². The van der Waals surface area contributed by atoms with Crippen LogP contribution in [0.1, 0.15) is 106 Å². The predicted octanol–water partition coefficient (Wildman–Crippen LogP) is 7.74. The molecule has 232 valence electrons. The van der Waals surface area contributed by atoms with E-state index in [1.54, 1.807) is 31.4 Å². The van der Waals surface area contributed by atoms with Crippen LogP contribution in [0.4, 0.5) is 11.4 Å². The minimum absolute atomic E-state index is 0.335. The molecule has 8 heteroatoms. The summed E-state index contributed by atoms with van der Waals surface area (Å²) < 4.78 is 22.0. The van der Waals surface area contributed by atoms with Crippen molar-refractivity contribution in [3.63, 3.8) is 0 Å². The number of methoxy groups -OCH3 is 1. The molecule has 0 aromatic heterocycles. The van der Waals surface area contributed by atoms with E-state index in [0.29, 0.717) is 48.3 Å². The Hall–Kier alpha value is -3.68. The zero-order valence-electron chi connectivity index (χ0n) is 25.5. The minimum atomic E-state index is -0.423. The summed E-state index contributed by atoms with van der Waals surface area (Å²) >= 11 is 0. The molecular weight excluding hydrogens is 532 g/mol. The van der Waals surface area contributed by atoms with E-state index in [-0.39, 0.29) is 5.97 Å². The summed E-state index contributed by atoms with van der Waals surface area (Å²) in [6.45, 7) is 3.57. The number of benzene rings is 2. The van der Waals surface area contributed by atoms with Crippen LogP contribution in [0.3, 0.4) is 0 Å². The third-order valence-electron chi connectivity index (χ3n) is 6.83. The van der Waals surface area contributed by atoms with Crippen molar-refractivity contribution in [1.82, 2.24) is 0 Å². The van der Waals surface area contributed by atoms with Gasteiger partial charge in [-0.25, -0.2) is 9.59 Å². The molecule has 0 bridgehead atoms. The van der Waals surface area contributed by atoms with Gasteiger partial charge in [-0.1, -0.05) is 64.4 Å². The van der Waals surface area contributed by atoms with Crippen LogP contribution in [0.15, 0.2) is 42.5 Å². The first-order chi connectivity index (χ1) is 20.4. The number of rotatable bonds is 22. The fourth-order valence-electron chi connectivity index (χ4n) is 4.49. The van der Waals surface area contributed by atoms with Crippen molar-refractivity contribution in [2.45, 2.75) is 90.4 Å². The number of hydrogen-bond acceptors (Lipinski definition) is 8. The number of nitrogens with two attached hydrogens (primary N) is 2. The molecule has 0 atom stereocenters. The maximum absolute atomic E-state index is 12.1. The second-order valence-electron chi connectivity index (χ2n) is 10.5. The molecule has 8 nitrogen and oxygen atoms in total. The largest absolute Gasteiger partial charge is 0.493 e. The van der Waals surface area contributed by atoms with Crippen LogP contribution in [-0.2, 0) is 14.3 Å². The Labute approximate surface area is 251 Å². The van der Waals surface area contributed by atoms with Gasteiger partial charge in [-0.15, -0.1) is 0 Å². The topological polar surface area (TPSA) is 123 Å². The summed E-state index contributed by atoms with van der Waals surface area (Å²) in [6, 6.07) is 10.3. The van der Waals surface area contributed by atoms with Gasteiger partial charge >= 0.3 is 11.9 Å². The third kappa shape index (κ3) is 14.8. The standard InChI is InChI=1S/C34H50N2O6/c1-3-4-5-6-7-8-9-10-14-21-41-33(37)19-17-27-16-18-31(32(23-27)39-2)40-20-13-11-12-15-22-42-34(38)28-24-29(35)26-30(36)25-28/h16-19,23-26H,3-15,20-22,35-36H2,1-2H3/b19-17+.